The van der Waals surface area contributed by atoms with Crippen molar-refractivity contribution in [3.63, 3.8) is 0 Å². The van der Waals surface area contributed by atoms with Gasteiger partial charge in [0.1, 0.15) is 11.6 Å². The van der Waals surface area contributed by atoms with Gasteiger partial charge in [0.2, 0.25) is 11.8 Å². The zero-order valence-electron chi connectivity index (χ0n) is 15.3. The molecule has 1 unspecified atom stereocenters. The Balaban J connectivity index is 1.44. The molecular weight excluding hydrogens is 363 g/mol. The van der Waals surface area contributed by atoms with Crippen molar-refractivity contribution < 1.29 is 18.0 Å². The van der Waals surface area contributed by atoms with Crippen LogP contribution in [0.15, 0.2) is 51.5 Å². The maximum absolute atomic E-state index is 14.0. The number of nitrogens with one attached hydrogen (secondary N) is 1. The predicted octanol–water partition coefficient (Wildman–Crippen LogP) is 3.31. The van der Waals surface area contributed by atoms with Gasteiger partial charge in [-0.1, -0.05) is 18.6 Å². The average Bonchev–Trinajstić information content (AvgIpc) is 3.39. The van der Waals surface area contributed by atoms with E-state index in [1.807, 2.05) is 11.0 Å². The number of hydrogen-bond acceptors (Lipinski definition) is 6. The second-order valence-electron chi connectivity index (χ2n) is 6.76. The van der Waals surface area contributed by atoms with Gasteiger partial charge in [-0.2, -0.15) is 0 Å². The first-order valence-corrected chi connectivity index (χ1v) is 9.32. The van der Waals surface area contributed by atoms with Crippen molar-refractivity contribution in [2.75, 3.05) is 13.1 Å². The van der Waals surface area contributed by atoms with Crippen LogP contribution in [0.5, 0.6) is 0 Å². The lowest BCUT2D eigenvalue weighted by molar-refractivity contribution is -0.123. The number of aromatic nitrogens is 2. The molecule has 0 spiro atoms. The van der Waals surface area contributed by atoms with Crippen LogP contribution in [0.25, 0.3) is 11.5 Å². The van der Waals surface area contributed by atoms with Crippen LogP contribution in [0.3, 0.4) is 0 Å². The van der Waals surface area contributed by atoms with Crippen LogP contribution in [0.2, 0.25) is 0 Å². The highest BCUT2D eigenvalue weighted by Crippen LogP contribution is 2.32. The van der Waals surface area contributed by atoms with Crippen LogP contribution in [0, 0.1) is 5.82 Å². The van der Waals surface area contributed by atoms with E-state index in [0.717, 1.165) is 25.8 Å². The van der Waals surface area contributed by atoms with Gasteiger partial charge >= 0.3 is 0 Å². The Kier molecular flexibility index (Phi) is 5.48. The highest BCUT2D eigenvalue weighted by Gasteiger charge is 2.30. The number of likely N-dealkylation sites (tertiary alicyclic amines) is 1. The first-order chi connectivity index (χ1) is 13.7. The number of amides is 1. The van der Waals surface area contributed by atoms with Gasteiger partial charge in [-0.15, -0.1) is 10.2 Å². The fourth-order valence-corrected chi connectivity index (χ4v) is 3.41. The van der Waals surface area contributed by atoms with E-state index in [1.165, 1.54) is 6.07 Å². The van der Waals surface area contributed by atoms with E-state index in [9.17, 15) is 9.18 Å². The van der Waals surface area contributed by atoms with Crippen molar-refractivity contribution in [3.8, 4) is 11.5 Å². The van der Waals surface area contributed by atoms with Crippen molar-refractivity contribution in [3.05, 3.63) is 60.1 Å². The zero-order chi connectivity index (χ0) is 19.3. The fraction of sp³-hybridized carbons (Fsp3) is 0.350. The van der Waals surface area contributed by atoms with Gasteiger partial charge in [-0.25, -0.2) is 4.39 Å². The molecule has 7 nitrogen and oxygen atoms in total. The van der Waals surface area contributed by atoms with Crippen molar-refractivity contribution in [1.82, 2.24) is 20.4 Å². The molecule has 4 rings (SSSR count). The summed E-state index contributed by atoms with van der Waals surface area (Å²) in [4.78, 5) is 14.4. The summed E-state index contributed by atoms with van der Waals surface area (Å²) in [7, 11) is 0. The molecule has 0 saturated carbocycles. The maximum atomic E-state index is 14.0. The van der Waals surface area contributed by atoms with Crippen LogP contribution in [-0.4, -0.2) is 34.1 Å². The third kappa shape index (κ3) is 4.12. The van der Waals surface area contributed by atoms with Gasteiger partial charge < -0.3 is 14.2 Å². The highest BCUT2D eigenvalue weighted by molar-refractivity contribution is 5.78. The van der Waals surface area contributed by atoms with E-state index >= 15 is 0 Å². The van der Waals surface area contributed by atoms with Crippen molar-refractivity contribution in [2.24, 2.45) is 0 Å². The molecule has 1 aromatic carbocycles. The number of nitrogens with zero attached hydrogens (tertiary/aromatic N) is 3. The Bertz CT molecular complexity index is 925. The van der Waals surface area contributed by atoms with E-state index in [0.29, 0.717) is 18.2 Å². The quantitative estimate of drug-likeness (QED) is 0.702. The molecule has 28 heavy (non-hydrogen) atoms. The van der Waals surface area contributed by atoms with Crippen molar-refractivity contribution in [2.45, 2.75) is 31.8 Å². The second-order valence-corrected chi connectivity index (χ2v) is 6.76. The average molecular weight is 384 g/mol. The van der Waals surface area contributed by atoms with E-state index in [1.54, 1.807) is 30.5 Å². The highest BCUT2D eigenvalue weighted by atomic mass is 19.1. The maximum Gasteiger partial charge on any atom is 0.250 e. The summed E-state index contributed by atoms with van der Waals surface area (Å²) < 4.78 is 25.0. The number of halogens is 1. The molecule has 0 bridgehead atoms. The molecule has 1 N–H and O–H groups in total. The second kappa shape index (κ2) is 8.35. The summed E-state index contributed by atoms with van der Waals surface area (Å²) in [5.41, 5.74) is 0.278. The topological polar surface area (TPSA) is 84.4 Å². The van der Waals surface area contributed by atoms with E-state index in [2.05, 4.69) is 15.5 Å². The molecule has 0 aliphatic carbocycles. The molecule has 3 aromatic rings. The number of carbonyl (C=O) groups is 1. The van der Waals surface area contributed by atoms with Gasteiger partial charge in [-0.3, -0.25) is 9.69 Å². The molecule has 146 valence electrons. The minimum Gasteiger partial charge on any atom is -0.467 e. The van der Waals surface area contributed by atoms with Crippen LogP contribution in [0.4, 0.5) is 4.39 Å². The monoisotopic (exact) mass is 384 g/mol. The van der Waals surface area contributed by atoms with E-state index < -0.39 is 5.82 Å². The summed E-state index contributed by atoms with van der Waals surface area (Å²) in [5.74, 6) is 0.764. The Morgan fingerprint density at radius 1 is 1.21 bits per heavy atom. The largest absolute Gasteiger partial charge is 0.467 e. The number of rotatable bonds is 6. The Morgan fingerprint density at radius 2 is 2.11 bits per heavy atom. The Morgan fingerprint density at radius 3 is 2.93 bits per heavy atom. The van der Waals surface area contributed by atoms with Gasteiger partial charge in [0.05, 0.1) is 31.0 Å². The molecule has 0 radical (unpaired) electrons. The molecule has 1 saturated heterocycles. The molecule has 2 aromatic heterocycles. The van der Waals surface area contributed by atoms with Gasteiger partial charge in [0.15, 0.2) is 0 Å². The predicted molar refractivity (Wildman–Crippen MR) is 98.4 cm³/mol. The number of benzene rings is 1. The summed E-state index contributed by atoms with van der Waals surface area (Å²) in [6.45, 7) is 1.33. The molecule has 8 heteroatoms. The third-order valence-corrected chi connectivity index (χ3v) is 4.83. The molecule has 3 heterocycles. The lowest BCUT2D eigenvalue weighted by Crippen LogP contribution is -2.41. The SMILES string of the molecule is O=C(CN1CCCCC1c1nnc(-c2ccccc2F)o1)NCc1ccco1. The van der Waals surface area contributed by atoms with Crippen LogP contribution in [0.1, 0.15) is 37.0 Å². The van der Waals surface area contributed by atoms with Crippen LogP contribution >= 0.6 is 0 Å². The minimum atomic E-state index is -0.407. The van der Waals surface area contributed by atoms with Gasteiger partial charge in [0.25, 0.3) is 5.89 Å². The number of furan rings is 1. The molecule has 1 fully saturated rings. The summed E-state index contributed by atoms with van der Waals surface area (Å²) in [6, 6.07) is 9.73. The molecule has 1 aliphatic heterocycles. The zero-order valence-corrected chi connectivity index (χ0v) is 15.3. The number of piperidine rings is 1. The Hall–Kier alpha value is -3.00. The molecule has 1 atom stereocenters. The summed E-state index contributed by atoms with van der Waals surface area (Å²) in [6.07, 6.45) is 4.39. The van der Waals surface area contributed by atoms with Gasteiger partial charge in [0, 0.05) is 0 Å². The molecule has 1 aliphatic rings. The van der Waals surface area contributed by atoms with Crippen molar-refractivity contribution >= 4 is 5.91 Å². The first kappa shape index (κ1) is 18.4. The van der Waals surface area contributed by atoms with E-state index in [4.69, 9.17) is 8.83 Å². The lowest BCUT2D eigenvalue weighted by atomic mass is 10.0. The first-order valence-electron chi connectivity index (χ1n) is 9.32. The summed E-state index contributed by atoms with van der Waals surface area (Å²) >= 11 is 0. The third-order valence-electron chi connectivity index (χ3n) is 4.83. The Labute approximate surface area is 161 Å². The van der Waals surface area contributed by atoms with Crippen LogP contribution < -0.4 is 5.32 Å². The fourth-order valence-electron chi connectivity index (χ4n) is 3.41. The van der Waals surface area contributed by atoms with Crippen molar-refractivity contribution in [1.29, 1.82) is 0 Å². The molecule has 1 amide bonds. The van der Waals surface area contributed by atoms with E-state index in [-0.39, 0.29) is 29.9 Å². The standard InChI is InChI=1S/C20H21FN4O3/c21-16-8-2-1-7-15(16)19-23-24-20(28-19)17-9-3-4-10-25(17)13-18(26)22-12-14-6-5-11-27-14/h1-2,5-8,11,17H,3-4,9-10,12-13H2,(H,22,26). The van der Waals surface area contributed by atoms with Gasteiger partial charge in [-0.05, 0) is 43.7 Å². The number of hydrogen-bond donors (Lipinski definition) is 1. The van der Waals surface area contributed by atoms with Crippen LogP contribution in [-0.2, 0) is 11.3 Å². The normalized spacial score (nSPS) is 17.5. The smallest absolute Gasteiger partial charge is 0.250 e. The lowest BCUT2D eigenvalue weighted by Gasteiger charge is -2.32. The molecular formula is C20H21FN4O3. The minimum absolute atomic E-state index is 0.0999. The summed E-state index contributed by atoms with van der Waals surface area (Å²) in [5, 5.41) is 11.0. The number of carbonyl (C=O) groups excluding carboxylic acids is 1.